The summed E-state index contributed by atoms with van der Waals surface area (Å²) in [5.41, 5.74) is 0.651. The predicted molar refractivity (Wildman–Crippen MR) is 62.0 cm³/mol. The van der Waals surface area contributed by atoms with Crippen LogP contribution in [0.15, 0.2) is 5.38 Å². The van der Waals surface area contributed by atoms with E-state index in [-0.39, 0.29) is 0 Å². The Morgan fingerprint density at radius 2 is 2.47 bits per heavy atom. The van der Waals surface area contributed by atoms with E-state index in [4.69, 9.17) is 0 Å². The maximum absolute atomic E-state index is 9.83. The maximum Gasteiger partial charge on any atom is 0.0926 e. The van der Waals surface area contributed by atoms with Gasteiger partial charge in [0.15, 0.2) is 0 Å². The highest BCUT2D eigenvalue weighted by Gasteiger charge is 2.31. The van der Waals surface area contributed by atoms with Crippen molar-refractivity contribution >= 4 is 11.3 Å². The highest BCUT2D eigenvalue weighted by atomic mass is 32.1. The van der Waals surface area contributed by atoms with Gasteiger partial charge in [0.05, 0.1) is 16.3 Å². The monoisotopic (exact) mass is 226 g/mol. The molecule has 1 unspecified atom stereocenters. The number of aryl methyl sites for hydroxylation is 1. The molecule has 0 aromatic carbocycles. The minimum atomic E-state index is -0.496. The number of aromatic nitrogens is 1. The molecule has 0 spiro atoms. The Bertz CT molecular complexity index is 335. The third kappa shape index (κ3) is 2.77. The molecule has 2 rings (SSSR count). The van der Waals surface area contributed by atoms with E-state index in [9.17, 15) is 5.11 Å². The summed E-state index contributed by atoms with van der Waals surface area (Å²) in [5, 5.41) is 13.2. The summed E-state index contributed by atoms with van der Waals surface area (Å²) in [7, 11) is 0. The number of likely N-dealkylation sites (tertiary alicyclic amines) is 1. The van der Waals surface area contributed by atoms with Gasteiger partial charge >= 0.3 is 0 Å². The Morgan fingerprint density at radius 3 is 3.00 bits per heavy atom. The van der Waals surface area contributed by atoms with Crippen molar-refractivity contribution in [3.63, 3.8) is 0 Å². The molecule has 4 heteroatoms. The van der Waals surface area contributed by atoms with Crippen LogP contribution in [0.2, 0.25) is 0 Å². The lowest BCUT2D eigenvalue weighted by atomic mass is 10.1. The molecule has 0 bridgehead atoms. The molecule has 1 aromatic rings. The van der Waals surface area contributed by atoms with Crippen LogP contribution < -0.4 is 0 Å². The first kappa shape index (κ1) is 11.0. The van der Waals surface area contributed by atoms with Crippen molar-refractivity contribution in [1.82, 2.24) is 9.88 Å². The number of rotatable bonds is 3. The van der Waals surface area contributed by atoms with E-state index in [0.29, 0.717) is 0 Å². The number of aliphatic hydroxyl groups is 1. The molecule has 2 heterocycles. The third-order valence-corrected chi connectivity index (χ3v) is 3.86. The van der Waals surface area contributed by atoms with Crippen LogP contribution in [-0.4, -0.2) is 33.7 Å². The zero-order valence-corrected chi connectivity index (χ0v) is 10.2. The third-order valence-electron chi connectivity index (χ3n) is 2.82. The second-order valence-corrected chi connectivity index (χ2v) is 5.49. The Balaban J connectivity index is 1.92. The van der Waals surface area contributed by atoms with Crippen molar-refractivity contribution in [3.8, 4) is 0 Å². The summed E-state index contributed by atoms with van der Waals surface area (Å²) in [6.45, 7) is 6.67. The summed E-state index contributed by atoms with van der Waals surface area (Å²) in [4.78, 5) is 6.81. The number of nitrogens with zero attached hydrogens (tertiary/aromatic N) is 2. The molecule has 0 radical (unpaired) electrons. The summed E-state index contributed by atoms with van der Waals surface area (Å²) in [6, 6.07) is 0. The fourth-order valence-corrected chi connectivity index (χ4v) is 2.72. The van der Waals surface area contributed by atoms with Crippen molar-refractivity contribution in [2.75, 3.05) is 13.1 Å². The first-order valence-electron chi connectivity index (χ1n) is 5.47. The lowest BCUT2D eigenvalue weighted by Crippen LogP contribution is -2.29. The zero-order chi connectivity index (χ0) is 10.9. The molecular weight excluding hydrogens is 208 g/mol. The van der Waals surface area contributed by atoms with Crippen molar-refractivity contribution in [3.05, 3.63) is 16.1 Å². The lowest BCUT2D eigenvalue weighted by Gasteiger charge is -2.17. The zero-order valence-electron chi connectivity index (χ0n) is 9.36. The molecule has 0 amide bonds. The van der Waals surface area contributed by atoms with Gasteiger partial charge in [-0.15, -0.1) is 11.3 Å². The molecule has 1 atom stereocenters. The quantitative estimate of drug-likeness (QED) is 0.851. The van der Waals surface area contributed by atoms with E-state index in [2.05, 4.69) is 22.2 Å². The van der Waals surface area contributed by atoms with Gasteiger partial charge < -0.3 is 5.11 Å². The molecule has 15 heavy (non-hydrogen) atoms. The first-order valence-corrected chi connectivity index (χ1v) is 6.35. The molecule has 84 valence electrons. The molecule has 0 aliphatic carbocycles. The number of hydrogen-bond donors (Lipinski definition) is 1. The van der Waals surface area contributed by atoms with Crippen molar-refractivity contribution in [1.29, 1.82) is 0 Å². The SMILES string of the molecule is CCc1nc(CN2CCC(C)(O)C2)cs1. The molecule has 1 aliphatic heterocycles. The van der Waals surface area contributed by atoms with E-state index in [1.165, 1.54) is 5.01 Å². The highest BCUT2D eigenvalue weighted by Crippen LogP contribution is 2.22. The standard InChI is InChI=1S/C11H18N2OS/c1-3-10-12-9(7-15-10)6-13-5-4-11(2,14)8-13/h7,14H,3-6,8H2,1-2H3. The van der Waals surface area contributed by atoms with Crippen LogP contribution in [0.4, 0.5) is 0 Å². The second kappa shape index (κ2) is 4.20. The van der Waals surface area contributed by atoms with Gasteiger partial charge in [-0.1, -0.05) is 6.92 Å². The molecule has 1 N–H and O–H groups in total. The summed E-state index contributed by atoms with van der Waals surface area (Å²) < 4.78 is 0. The van der Waals surface area contributed by atoms with Crippen LogP contribution in [0.1, 0.15) is 31.0 Å². The summed E-state index contributed by atoms with van der Waals surface area (Å²) in [6.07, 6.45) is 1.89. The number of β-amino-alcohol motifs (C(OH)–C–C–N with tert-alkyl or cyclic N) is 1. The minimum Gasteiger partial charge on any atom is -0.389 e. The van der Waals surface area contributed by atoms with Crippen LogP contribution in [0.5, 0.6) is 0 Å². The van der Waals surface area contributed by atoms with E-state index < -0.39 is 5.60 Å². The van der Waals surface area contributed by atoms with Gasteiger partial charge in [-0.2, -0.15) is 0 Å². The molecule has 1 aliphatic rings. The average molecular weight is 226 g/mol. The van der Waals surface area contributed by atoms with Gasteiger partial charge in [-0.3, -0.25) is 4.90 Å². The molecule has 1 aromatic heterocycles. The number of thiazole rings is 1. The first-order chi connectivity index (χ1) is 7.09. The minimum absolute atomic E-state index is 0.496. The predicted octanol–water partition coefficient (Wildman–Crippen LogP) is 1.66. The lowest BCUT2D eigenvalue weighted by molar-refractivity contribution is 0.0678. The van der Waals surface area contributed by atoms with Gasteiger partial charge in [0.25, 0.3) is 0 Å². The van der Waals surface area contributed by atoms with E-state index in [0.717, 1.165) is 38.2 Å². The smallest absolute Gasteiger partial charge is 0.0926 e. The van der Waals surface area contributed by atoms with Crippen LogP contribution in [0, 0.1) is 0 Å². The highest BCUT2D eigenvalue weighted by molar-refractivity contribution is 7.09. The van der Waals surface area contributed by atoms with Crippen LogP contribution in [0.25, 0.3) is 0 Å². The summed E-state index contributed by atoms with van der Waals surface area (Å²) >= 11 is 1.73. The van der Waals surface area contributed by atoms with Crippen molar-refractivity contribution < 1.29 is 5.11 Å². The maximum atomic E-state index is 9.83. The fourth-order valence-electron chi connectivity index (χ4n) is 1.99. The Morgan fingerprint density at radius 1 is 1.67 bits per heavy atom. The molecular formula is C11H18N2OS. The van der Waals surface area contributed by atoms with E-state index >= 15 is 0 Å². The molecule has 0 saturated carbocycles. The Hall–Kier alpha value is -0.450. The van der Waals surface area contributed by atoms with E-state index in [1.807, 2.05) is 6.92 Å². The van der Waals surface area contributed by atoms with Crippen LogP contribution in [0.3, 0.4) is 0 Å². The second-order valence-electron chi connectivity index (χ2n) is 4.54. The van der Waals surface area contributed by atoms with Crippen molar-refractivity contribution in [2.24, 2.45) is 0 Å². The van der Waals surface area contributed by atoms with Gasteiger partial charge in [0.1, 0.15) is 0 Å². The van der Waals surface area contributed by atoms with Crippen LogP contribution >= 0.6 is 11.3 Å². The summed E-state index contributed by atoms with van der Waals surface area (Å²) in [5.74, 6) is 0. The fraction of sp³-hybridized carbons (Fsp3) is 0.727. The average Bonchev–Trinajstić information content (AvgIpc) is 2.73. The van der Waals surface area contributed by atoms with Crippen molar-refractivity contribution in [2.45, 2.75) is 38.8 Å². The topological polar surface area (TPSA) is 36.4 Å². The van der Waals surface area contributed by atoms with Gasteiger partial charge in [-0.05, 0) is 19.8 Å². The number of hydrogen-bond acceptors (Lipinski definition) is 4. The molecule has 3 nitrogen and oxygen atoms in total. The van der Waals surface area contributed by atoms with E-state index in [1.54, 1.807) is 11.3 Å². The molecule has 1 saturated heterocycles. The molecule has 1 fully saturated rings. The van der Waals surface area contributed by atoms with Gasteiger partial charge in [-0.25, -0.2) is 4.98 Å². The normalized spacial score (nSPS) is 27.4. The Labute approximate surface area is 94.8 Å². The van der Waals surface area contributed by atoms with Crippen LogP contribution in [-0.2, 0) is 13.0 Å². The Kier molecular flexibility index (Phi) is 3.09. The van der Waals surface area contributed by atoms with Gasteiger partial charge in [0, 0.05) is 25.0 Å². The largest absolute Gasteiger partial charge is 0.389 e. The van der Waals surface area contributed by atoms with Gasteiger partial charge in [0.2, 0.25) is 0 Å².